The van der Waals surface area contributed by atoms with Crippen molar-refractivity contribution >= 4 is 18.4 Å². The second kappa shape index (κ2) is 9.65. The Bertz CT molecular complexity index is 368. The summed E-state index contributed by atoms with van der Waals surface area (Å²) in [6.45, 7) is 0.878. The quantitative estimate of drug-likeness (QED) is 0.632. The summed E-state index contributed by atoms with van der Waals surface area (Å²) < 4.78 is 9.87. The highest BCUT2D eigenvalue weighted by molar-refractivity contribution is 5.85. The van der Waals surface area contributed by atoms with Crippen molar-refractivity contribution in [2.75, 3.05) is 13.7 Å². The first-order valence-electron chi connectivity index (χ1n) is 5.36. The first kappa shape index (κ1) is 16.6. The van der Waals surface area contributed by atoms with Crippen molar-refractivity contribution in [1.82, 2.24) is 0 Å². The minimum absolute atomic E-state index is 0. The standard InChI is InChI=1S/C13H17NO3.ClH/c1-16-13(15)8-7-12(14)10-17-9-11-5-3-2-4-6-11;/h2-8,12H,9-10,14H2,1H3;1H/b8-7-;/t12-;/m0./s1. The van der Waals surface area contributed by atoms with Crippen LogP contribution in [0, 0.1) is 0 Å². The summed E-state index contributed by atoms with van der Waals surface area (Å²) in [5, 5.41) is 0. The number of hydrogen-bond acceptors (Lipinski definition) is 4. The molecule has 0 aliphatic heterocycles. The number of benzene rings is 1. The molecule has 0 heterocycles. The molecule has 100 valence electrons. The van der Waals surface area contributed by atoms with Crippen LogP contribution in [0.15, 0.2) is 42.5 Å². The highest BCUT2D eigenvalue weighted by atomic mass is 35.5. The lowest BCUT2D eigenvalue weighted by Gasteiger charge is -2.07. The molecule has 0 unspecified atom stereocenters. The Balaban J connectivity index is 0.00000289. The number of carbonyl (C=O) groups excluding carboxylic acids is 1. The van der Waals surface area contributed by atoms with Crippen molar-refractivity contribution < 1.29 is 14.3 Å². The minimum atomic E-state index is -0.413. The third-order valence-corrected chi connectivity index (χ3v) is 2.10. The maximum absolute atomic E-state index is 10.8. The van der Waals surface area contributed by atoms with Crippen LogP contribution in [0.25, 0.3) is 0 Å². The molecule has 1 aromatic rings. The topological polar surface area (TPSA) is 61.5 Å². The molecule has 0 aliphatic rings. The average molecular weight is 272 g/mol. The van der Waals surface area contributed by atoms with Crippen LogP contribution in [0.3, 0.4) is 0 Å². The van der Waals surface area contributed by atoms with Crippen molar-refractivity contribution in [2.24, 2.45) is 5.73 Å². The normalized spacial score (nSPS) is 11.9. The number of esters is 1. The van der Waals surface area contributed by atoms with Gasteiger partial charge in [-0.1, -0.05) is 36.4 Å². The summed E-state index contributed by atoms with van der Waals surface area (Å²) in [5.41, 5.74) is 6.82. The van der Waals surface area contributed by atoms with Gasteiger partial charge in [-0.25, -0.2) is 4.79 Å². The largest absolute Gasteiger partial charge is 0.466 e. The molecule has 5 heteroatoms. The highest BCUT2D eigenvalue weighted by Gasteiger charge is 2.00. The fourth-order valence-electron chi connectivity index (χ4n) is 1.21. The molecule has 0 aliphatic carbocycles. The first-order valence-corrected chi connectivity index (χ1v) is 5.36. The number of carbonyl (C=O) groups is 1. The van der Waals surface area contributed by atoms with E-state index in [1.807, 2.05) is 30.3 Å². The number of hydrogen-bond donors (Lipinski definition) is 1. The van der Waals surface area contributed by atoms with Crippen LogP contribution >= 0.6 is 12.4 Å². The van der Waals surface area contributed by atoms with Gasteiger partial charge in [0.1, 0.15) is 0 Å². The van der Waals surface area contributed by atoms with Crippen molar-refractivity contribution in [1.29, 1.82) is 0 Å². The molecule has 0 bridgehead atoms. The number of nitrogens with two attached hydrogens (primary N) is 1. The number of halogens is 1. The highest BCUT2D eigenvalue weighted by Crippen LogP contribution is 2.00. The van der Waals surface area contributed by atoms with Crippen molar-refractivity contribution in [3.8, 4) is 0 Å². The Morgan fingerprint density at radius 2 is 2.06 bits per heavy atom. The molecular formula is C13H18ClNO3. The Hall–Kier alpha value is -1.36. The summed E-state index contributed by atoms with van der Waals surface area (Å²) in [5.74, 6) is -0.413. The molecule has 0 saturated heterocycles. The van der Waals surface area contributed by atoms with Gasteiger partial charge in [-0.05, 0) is 5.56 Å². The summed E-state index contributed by atoms with van der Waals surface area (Å²) >= 11 is 0. The summed E-state index contributed by atoms with van der Waals surface area (Å²) in [6.07, 6.45) is 2.87. The average Bonchev–Trinajstić information content (AvgIpc) is 2.37. The molecule has 1 aromatic carbocycles. The van der Waals surface area contributed by atoms with E-state index in [4.69, 9.17) is 10.5 Å². The number of methoxy groups -OCH3 is 1. The lowest BCUT2D eigenvalue weighted by molar-refractivity contribution is -0.134. The molecule has 0 fully saturated rings. The van der Waals surface area contributed by atoms with E-state index in [-0.39, 0.29) is 18.4 Å². The first-order chi connectivity index (χ1) is 8.22. The third-order valence-electron chi connectivity index (χ3n) is 2.10. The zero-order valence-corrected chi connectivity index (χ0v) is 11.1. The zero-order valence-electron chi connectivity index (χ0n) is 10.2. The third kappa shape index (κ3) is 7.06. The molecule has 0 amide bonds. The van der Waals surface area contributed by atoms with Gasteiger partial charge in [0.05, 0.1) is 20.3 Å². The molecule has 18 heavy (non-hydrogen) atoms. The second-order valence-electron chi connectivity index (χ2n) is 3.55. The monoisotopic (exact) mass is 271 g/mol. The van der Waals surface area contributed by atoms with E-state index < -0.39 is 5.97 Å². The maximum Gasteiger partial charge on any atom is 0.330 e. The molecule has 2 N–H and O–H groups in total. The fraction of sp³-hybridized carbons (Fsp3) is 0.308. The molecule has 1 rings (SSSR count). The van der Waals surface area contributed by atoms with E-state index in [1.165, 1.54) is 13.2 Å². The van der Waals surface area contributed by atoms with Crippen molar-refractivity contribution in [3.05, 3.63) is 48.0 Å². The van der Waals surface area contributed by atoms with Crippen LogP contribution in [-0.2, 0) is 20.9 Å². The predicted molar refractivity (Wildman–Crippen MR) is 72.5 cm³/mol. The molecule has 4 nitrogen and oxygen atoms in total. The van der Waals surface area contributed by atoms with Gasteiger partial charge in [-0.15, -0.1) is 12.4 Å². The summed E-state index contributed by atoms with van der Waals surface area (Å²) in [4.78, 5) is 10.8. The lowest BCUT2D eigenvalue weighted by atomic mass is 10.2. The molecule has 0 spiro atoms. The van der Waals surface area contributed by atoms with Gasteiger partial charge >= 0.3 is 5.97 Å². The number of ether oxygens (including phenoxy) is 2. The van der Waals surface area contributed by atoms with E-state index >= 15 is 0 Å². The van der Waals surface area contributed by atoms with Crippen LogP contribution in [0.2, 0.25) is 0 Å². The van der Waals surface area contributed by atoms with Crippen LogP contribution in [-0.4, -0.2) is 25.7 Å². The van der Waals surface area contributed by atoms with Gasteiger partial charge in [0.2, 0.25) is 0 Å². The van der Waals surface area contributed by atoms with Gasteiger partial charge in [0, 0.05) is 12.1 Å². The SMILES string of the molecule is COC(=O)/C=C\[C@H](N)COCc1ccccc1.Cl. The van der Waals surface area contributed by atoms with E-state index in [0.717, 1.165) is 5.56 Å². The Morgan fingerprint density at radius 3 is 2.67 bits per heavy atom. The molecule has 0 aromatic heterocycles. The fourth-order valence-corrected chi connectivity index (χ4v) is 1.21. The van der Waals surface area contributed by atoms with Gasteiger partial charge in [-0.3, -0.25) is 0 Å². The summed E-state index contributed by atoms with van der Waals surface area (Å²) in [6, 6.07) is 9.52. The molecule has 1 atom stereocenters. The molecule has 0 saturated carbocycles. The van der Waals surface area contributed by atoms with Gasteiger partial charge < -0.3 is 15.2 Å². The van der Waals surface area contributed by atoms with Crippen LogP contribution in [0.1, 0.15) is 5.56 Å². The summed E-state index contributed by atoms with van der Waals surface area (Å²) in [7, 11) is 1.32. The van der Waals surface area contributed by atoms with E-state index in [2.05, 4.69) is 4.74 Å². The van der Waals surface area contributed by atoms with Crippen LogP contribution in [0.5, 0.6) is 0 Å². The van der Waals surface area contributed by atoms with E-state index in [9.17, 15) is 4.79 Å². The minimum Gasteiger partial charge on any atom is -0.466 e. The predicted octanol–water partition coefficient (Wildman–Crippen LogP) is 1.68. The van der Waals surface area contributed by atoms with E-state index in [0.29, 0.717) is 13.2 Å². The smallest absolute Gasteiger partial charge is 0.330 e. The van der Waals surface area contributed by atoms with Gasteiger partial charge in [-0.2, -0.15) is 0 Å². The van der Waals surface area contributed by atoms with E-state index in [1.54, 1.807) is 6.08 Å². The Kier molecular flexibility index (Phi) is 8.92. The lowest BCUT2D eigenvalue weighted by Crippen LogP contribution is -2.23. The zero-order chi connectivity index (χ0) is 12.5. The van der Waals surface area contributed by atoms with Crippen LogP contribution < -0.4 is 5.73 Å². The number of rotatable bonds is 6. The van der Waals surface area contributed by atoms with Crippen LogP contribution in [0.4, 0.5) is 0 Å². The molecule has 0 radical (unpaired) electrons. The Labute approximate surface area is 113 Å². The van der Waals surface area contributed by atoms with Crippen molar-refractivity contribution in [2.45, 2.75) is 12.6 Å². The second-order valence-corrected chi connectivity index (χ2v) is 3.55. The maximum atomic E-state index is 10.8. The molecular weight excluding hydrogens is 254 g/mol. The van der Waals surface area contributed by atoms with Crippen molar-refractivity contribution in [3.63, 3.8) is 0 Å². The van der Waals surface area contributed by atoms with Gasteiger partial charge in [0.15, 0.2) is 0 Å². The Morgan fingerprint density at radius 1 is 1.39 bits per heavy atom. The van der Waals surface area contributed by atoms with Gasteiger partial charge in [0.25, 0.3) is 0 Å².